The second-order valence-electron chi connectivity index (χ2n) is 7.17. The van der Waals surface area contributed by atoms with Crippen LogP contribution in [0.2, 0.25) is 0 Å². The molecule has 1 fully saturated rings. The largest absolute Gasteiger partial charge is 0.444 e. The molecular weight excluding hydrogens is 292 g/mol. The van der Waals surface area contributed by atoms with E-state index in [0.29, 0.717) is 5.92 Å². The molecule has 1 saturated heterocycles. The van der Waals surface area contributed by atoms with E-state index in [9.17, 15) is 4.79 Å². The second-order valence-corrected chi connectivity index (χ2v) is 7.17. The molecule has 5 heteroatoms. The predicted octanol–water partition coefficient (Wildman–Crippen LogP) is 3.24. The molecule has 0 radical (unpaired) electrons. The Bertz CT molecular complexity index is 508. The van der Waals surface area contributed by atoms with Crippen molar-refractivity contribution >= 4 is 11.8 Å². The van der Waals surface area contributed by atoms with Gasteiger partial charge in [-0.25, -0.2) is 4.79 Å². The molecule has 1 aromatic rings. The van der Waals surface area contributed by atoms with Gasteiger partial charge in [-0.2, -0.15) is 0 Å². The molecular formula is C18H28N2O3. The molecule has 1 aliphatic heterocycles. The zero-order chi connectivity index (χ0) is 16.9. The van der Waals surface area contributed by atoms with Gasteiger partial charge in [-0.1, -0.05) is 12.1 Å². The van der Waals surface area contributed by atoms with Crippen LogP contribution in [0.4, 0.5) is 10.5 Å². The van der Waals surface area contributed by atoms with Gasteiger partial charge in [0.1, 0.15) is 5.60 Å². The summed E-state index contributed by atoms with van der Waals surface area (Å²) < 4.78 is 5.46. The number of hydrogen-bond donors (Lipinski definition) is 2. The van der Waals surface area contributed by atoms with Crippen LogP contribution >= 0.6 is 0 Å². The van der Waals surface area contributed by atoms with Crippen molar-refractivity contribution in [2.24, 2.45) is 5.92 Å². The number of anilines is 1. The standard InChI is InChI=1S/C18H28N2O3/c1-18(2,3)23-17(22)20-10-4-5-15(12-20)11-19-16-8-6-14(13-21)7-9-16/h6-9,15,19,21H,4-5,10-13H2,1-3H3. The smallest absolute Gasteiger partial charge is 0.410 e. The lowest BCUT2D eigenvalue weighted by Gasteiger charge is -2.34. The first-order chi connectivity index (χ1) is 10.9. The minimum absolute atomic E-state index is 0.0632. The zero-order valence-corrected chi connectivity index (χ0v) is 14.3. The monoisotopic (exact) mass is 320 g/mol. The lowest BCUT2D eigenvalue weighted by atomic mass is 9.98. The van der Waals surface area contributed by atoms with Crippen LogP contribution in [0.5, 0.6) is 0 Å². The Hall–Kier alpha value is -1.75. The van der Waals surface area contributed by atoms with Crippen LogP contribution in [0.15, 0.2) is 24.3 Å². The van der Waals surface area contributed by atoms with Crippen LogP contribution in [0.3, 0.4) is 0 Å². The Morgan fingerprint density at radius 1 is 1.35 bits per heavy atom. The highest BCUT2D eigenvalue weighted by atomic mass is 16.6. The fraction of sp³-hybridized carbons (Fsp3) is 0.611. The molecule has 2 N–H and O–H groups in total. The van der Waals surface area contributed by atoms with Gasteiger partial charge in [-0.3, -0.25) is 0 Å². The summed E-state index contributed by atoms with van der Waals surface area (Å²) in [7, 11) is 0. The van der Waals surface area contributed by atoms with Crippen molar-refractivity contribution in [3.63, 3.8) is 0 Å². The number of carbonyl (C=O) groups is 1. The Kier molecular flexibility index (Phi) is 5.88. The Labute approximate surface area is 138 Å². The summed E-state index contributed by atoms with van der Waals surface area (Å²) in [4.78, 5) is 14.0. The lowest BCUT2D eigenvalue weighted by molar-refractivity contribution is 0.0172. The quantitative estimate of drug-likeness (QED) is 0.894. The highest BCUT2D eigenvalue weighted by Gasteiger charge is 2.27. The molecule has 0 bridgehead atoms. The first-order valence-electron chi connectivity index (χ1n) is 8.29. The van der Waals surface area contributed by atoms with Crippen molar-refractivity contribution in [3.05, 3.63) is 29.8 Å². The normalized spacial score (nSPS) is 18.6. The van der Waals surface area contributed by atoms with E-state index in [-0.39, 0.29) is 12.7 Å². The maximum Gasteiger partial charge on any atom is 0.410 e. The predicted molar refractivity (Wildman–Crippen MR) is 91.4 cm³/mol. The van der Waals surface area contributed by atoms with Crippen molar-refractivity contribution in [2.75, 3.05) is 25.0 Å². The zero-order valence-electron chi connectivity index (χ0n) is 14.3. The molecule has 128 valence electrons. The molecule has 0 aliphatic carbocycles. The van der Waals surface area contributed by atoms with E-state index in [2.05, 4.69) is 5.32 Å². The van der Waals surface area contributed by atoms with Gasteiger partial charge in [0, 0.05) is 25.3 Å². The van der Waals surface area contributed by atoms with Gasteiger partial charge in [0.25, 0.3) is 0 Å². The van der Waals surface area contributed by atoms with Crippen LogP contribution < -0.4 is 5.32 Å². The summed E-state index contributed by atoms with van der Waals surface area (Å²) in [6, 6.07) is 7.77. The van der Waals surface area contributed by atoms with Crippen molar-refractivity contribution in [2.45, 2.75) is 45.8 Å². The summed E-state index contributed by atoms with van der Waals surface area (Å²) in [5.74, 6) is 0.425. The van der Waals surface area contributed by atoms with Crippen molar-refractivity contribution in [3.8, 4) is 0 Å². The number of aliphatic hydroxyl groups is 1. The molecule has 2 rings (SSSR count). The van der Waals surface area contributed by atoms with Crippen LogP contribution in [0.25, 0.3) is 0 Å². The van der Waals surface area contributed by atoms with E-state index in [4.69, 9.17) is 9.84 Å². The molecule has 0 spiro atoms. The van der Waals surface area contributed by atoms with Gasteiger partial charge in [-0.05, 0) is 57.2 Å². The van der Waals surface area contributed by atoms with Crippen LogP contribution in [-0.2, 0) is 11.3 Å². The van der Waals surface area contributed by atoms with E-state index < -0.39 is 5.60 Å². The molecule has 1 amide bonds. The first kappa shape index (κ1) is 17.6. The Balaban J connectivity index is 1.82. The third-order valence-corrected chi connectivity index (χ3v) is 3.90. The second kappa shape index (κ2) is 7.68. The van der Waals surface area contributed by atoms with Crippen molar-refractivity contribution in [1.82, 2.24) is 4.90 Å². The number of benzene rings is 1. The van der Waals surface area contributed by atoms with Crippen LogP contribution in [-0.4, -0.2) is 41.3 Å². The number of ether oxygens (including phenoxy) is 1. The molecule has 1 aliphatic rings. The number of piperidine rings is 1. The summed E-state index contributed by atoms with van der Waals surface area (Å²) in [6.45, 7) is 8.08. The number of nitrogens with zero attached hydrogens (tertiary/aromatic N) is 1. The van der Waals surface area contributed by atoms with Crippen molar-refractivity contribution < 1.29 is 14.6 Å². The first-order valence-corrected chi connectivity index (χ1v) is 8.29. The van der Waals surface area contributed by atoms with E-state index >= 15 is 0 Å². The van der Waals surface area contributed by atoms with Gasteiger partial charge in [0.2, 0.25) is 0 Å². The Morgan fingerprint density at radius 2 is 2.04 bits per heavy atom. The highest BCUT2D eigenvalue weighted by molar-refractivity contribution is 5.68. The number of nitrogens with one attached hydrogen (secondary N) is 1. The SMILES string of the molecule is CC(C)(C)OC(=O)N1CCCC(CNc2ccc(CO)cc2)C1. The summed E-state index contributed by atoms with van der Waals surface area (Å²) >= 11 is 0. The molecule has 1 aromatic carbocycles. The van der Waals surface area contributed by atoms with Crippen molar-refractivity contribution in [1.29, 1.82) is 0 Å². The number of aliphatic hydroxyl groups excluding tert-OH is 1. The number of amides is 1. The minimum Gasteiger partial charge on any atom is -0.444 e. The van der Waals surface area contributed by atoms with Gasteiger partial charge in [0.15, 0.2) is 0 Å². The van der Waals surface area contributed by atoms with E-state index in [1.807, 2.05) is 49.9 Å². The van der Waals surface area contributed by atoms with E-state index in [0.717, 1.165) is 43.7 Å². The minimum atomic E-state index is -0.448. The third-order valence-electron chi connectivity index (χ3n) is 3.90. The lowest BCUT2D eigenvalue weighted by Crippen LogP contribution is -2.44. The number of hydrogen-bond acceptors (Lipinski definition) is 4. The number of carbonyl (C=O) groups excluding carboxylic acids is 1. The van der Waals surface area contributed by atoms with Gasteiger partial charge >= 0.3 is 6.09 Å². The average molecular weight is 320 g/mol. The summed E-state index contributed by atoms with van der Waals surface area (Å²) in [6.07, 6.45) is 1.91. The maximum atomic E-state index is 12.2. The molecule has 0 saturated carbocycles. The topological polar surface area (TPSA) is 61.8 Å². The van der Waals surface area contributed by atoms with Gasteiger partial charge in [0.05, 0.1) is 6.61 Å². The molecule has 1 atom stereocenters. The molecule has 1 heterocycles. The van der Waals surface area contributed by atoms with E-state index in [1.165, 1.54) is 0 Å². The molecule has 0 aromatic heterocycles. The Morgan fingerprint density at radius 3 is 2.65 bits per heavy atom. The van der Waals surface area contributed by atoms with E-state index in [1.54, 1.807) is 0 Å². The number of likely N-dealkylation sites (tertiary alicyclic amines) is 1. The van der Waals surface area contributed by atoms with Crippen LogP contribution in [0.1, 0.15) is 39.2 Å². The average Bonchev–Trinajstić information content (AvgIpc) is 2.52. The fourth-order valence-corrected chi connectivity index (χ4v) is 2.71. The van der Waals surface area contributed by atoms with Gasteiger partial charge < -0.3 is 20.1 Å². The fourth-order valence-electron chi connectivity index (χ4n) is 2.71. The van der Waals surface area contributed by atoms with Crippen LogP contribution in [0, 0.1) is 5.92 Å². The molecule has 23 heavy (non-hydrogen) atoms. The molecule has 5 nitrogen and oxygen atoms in total. The summed E-state index contributed by atoms with van der Waals surface area (Å²) in [5.41, 5.74) is 1.50. The van der Waals surface area contributed by atoms with Gasteiger partial charge in [-0.15, -0.1) is 0 Å². The number of rotatable bonds is 4. The molecule has 1 unspecified atom stereocenters. The maximum absolute atomic E-state index is 12.2. The third kappa shape index (κ3) is 5.75. The summed E-state index contributed by atoms with van der Waals surface area (Å²) in [5, 5.41) is 12.5. The highest BCUT2D eigenvalue weighted by Crippen LogP contribution is 2.20.